The molecule has 0 aromatic heterocycles. The SMILES string of the molecule is CC.Cc1cc(N)cc2ccc(F)c(C)c12. The molecule has 0 saturated heterocycles. The number of rotatable bonds is 0. The lowest BCUT2D eigenvalue weighted by molar-refractivity contribution is 0.621. The second-order valence-electron chi connectivity index (χ2n) is 3.61. The number of hydrogen-bond acceptors (Lipinski definition) is 1. The Hall–Kier alpha value is -1.57. The van der Waals surface area contributed by atoms with Gasteiger partial charge in [-0.05, 0) is 53.9 Å². The highest BCUT2D eigenvalue weighted by Gasteiger charge is 2.05. The normalized spacial score (nSPS) is 9.81. The minimum atomic E-state index is -0.162. The maximum absolute atomic E-state index is 13.3. The summed E-state index contributed by atoms with van der Waals surface area (Å²) in [4.78, 5) is 0. The number of nitrogens with two attached hydrogens (primary N) is 1. The lowest BCUT2D eigenvalue weighted by Crippen LogP contribution is -1.91. The molecule has 0 aliphatic carbocycles. The van der Waals surface area contributed by atoms with Crippen molar-refractivity contribution in [3.63, 3.8) is 0 Å². The maximum atomic E-state index is 13.3. The highest BCUT2D eigenvalue weighted by atomic mass is 19.1. The summed E-state index contributed by atoms with van der Waals surface area (Å²) in [6.07, 6.45) is 0. The molecule has 2 N–H and O–H groups in total. The number of hydrogen-bond donors (Lipinski definition) is 1. The van der Waals surface area contributed by atoms with E-state index in [0.29, 0.717) is 5.56 Å². The van der Waals surface area contributed by atoms with Gasteiger partial charge in [-0.15, -0.1) is 0 Å². The predicted octanol–water partition coefficient (Wildman–Crippen LogP) is 4.20. The third-order valence-electron chi connectivity index (χ3n) is 2.53. The van der Waals surface area contributed by atoms with Crippen molar-refractivity contribution in [3.05, 3.63) is 41.2 Å². The Bertz CT molecular complexity index is 504. The Morgan fingerprint density at radius 2 is 1.69 bits per heavy atom. The van der Waals surface area contributed by atoms with E-state index in [2.05, 4.69) is 0 Å². The van der Waals surface area contributed by atoms with Crippen molar-refractivity contribution in [2.24, 2.45) is 0 Å². The van der Waals surface area contributed by atoms with Crippen LogP contribution in [0.4, 0.5) is 10.1 Å². The number of fused-ring (bicyclic) bond motifs is 1. The average molecular weight is 219 g/mol. The highest BCUT2D eigenvalue weighted by molar-refractivity contribution is 5.91. The molecule has 2 aromatic carbocycles. The molecule has 0 bridgehead atoms. The molecule has 0 atom stereocenters. The van der Waals surface area contributed by atoms with Crippen molar-refractivity contribution in [1.82, 2.24) is 0 Å². The van der Waals surface area contributed by atoms with Gasteiger partial charge in [0.15, 0.2) is 0 Å². The van der Waals surface area contributed by atoms with Gasteiger partial charge in [0.1, 0.15) is 5.82 Å². The summed E-state index contributed by atoms with van der Waals surface area (Å²) >= 11 is 0. The third-order valence-corrected chi connectivity index (χ3v) is 2.53. The van der Waals surface area contributed by atoms with Crippen LogP contribution in [-0.2, 0) is 0 Å². The van der Waals surface area contributed by atoms with Crippen LogP contribution in [0.2, 0.25) is 0 Å². The average Bonchev–Trinajstić information content (AvgIpc) is 2.26. The first-order valence-electron chi connectivity index (χ1n) is 5.54. The first-order valence-corrected chi connectivity index (χ1v) is 5.54. The molecule has 2 aromatic rings. The third kappa shape index (κ3) is 2.16. The van der Waals surface area contributed by atoms with E-state index in [1.165, 1.54) is 6.07 Å². The van der Waals surface area contributed by atoms with Crippen molar-refractivity contribution in [2.75, 3.05) is 5.73 Å². The lowest BCUT2D eigenvalue weighted by Gasteiger charge is -2.07. The molecule has 2 rings (SSSR count). The van der Waals surface area contributed by atoms with Crippen LogP contribution in [0.1, 0.15) is 25.0 Å². The second kappa shape index (κ2) is 4.97. The molecule has 0 saturated carbocycles. The summed E-state index contributed by atoms with van der Waals surface area (Å²) in [5.74, 6) is -0.162. The first kappa shape index (κ1) is 12.5. The molecule has 86 valence electrons. The Morgan fingerprint density at radius 1 is 1.06 bits per heavy atom. The fourth-order valence-corrected chi connectivity index (χ4v) is 1.89. The van der Waals surface area contributed by atoms with Gasteiger partial charge in [-0.1, -0.05) is 19.9 Å². The minimum absolute atomic E-state index is 0.162. The molecular weight excluding hydrogens is 201 g/mol. The van der Waals surface area contributed by atoms with Crippen LogP contribution in [0.15, 0.2) is 24.3 Å². The standard InChI is InChI=1S/C12H12FN.C2H6/c1-7-5-10(14)6-9-3-4-11(13)8(2)12(7)9;1-2/h3-6H,14H2,1-2H3;1-2H3. The lowest BCUT2D eigenvalue weighted by atomic mass is 10.00. The summed E-state index contributed by atoms with van der Waals surface area (Å²) in [5, 5.41) is 1.97. The van der Waals surface area contributed by atoms with Crippen molar-refractivity contribution in [3.8, 4) is 0 Å². The van der Waals surface area contributed by atoms with Crippen LogP contribution < -0.4 is 5.73 Å². The monoisotopic (exact) mass is 219 g/mol. The number of nitrogen functional groups attached to an aromatic ring is 1. The van der Waals surface area contributed by atoms with Crippen LogP contribution in [0.3, 0.4) is 0 Å². The van der Waals surface area contributed by atoms with Crippen LogP contribution in [-0.4, -0.2) is 0 Å². The summed E-state index contributed by atoms with van der Waals surface area (Å²) in [6.45, 7) is 7.74. The van der Waals surface area contributed by atoms with Gasteiger partial charge in [0.2, 0.25) is 0 Å². The molecular formula is C14H18FN. The van der Waals surface area contributed by atoms with Crippen molar-refractivity contribution < 1.29 is 4.39 Å². The molecule has 0 amide bonds. The maximum Gasteiger partial charge on any atom is 0.126 e. The van der Waals surface area contributed by atoms with Crippen molar-refractivity contribution in [1.29, 1.82) is 0 Å². The zero-order valence-corrected chi connectivity index (χ0v) is 10.3. The van der Waals surface area contributed by atoms with Gasteiger partial charge in [0, 0.05) is 5.69 Å². The molecule has 0 heterocycles. The van der Waals surface area contributed by atoms with E-state index in [4.69, 9.17) is 5.73 Å². The van der Waals surface area contributed by atoms with E-state index in [1.54, 1.807) is 13.0 Å². The smallest absolute Gasteiger partial charge is 0.126 e. The fourth-order valence-electron chi connectivity index (χ4n) is 1.89. The molecule has 0 unspecified atom stereocenters. The van der Waals surface area contributed by atoms with E-state index in [9.17, 15) is 4.39 Å². The van der Waals surface area contributed by atoms with Gasteiger partial charge in [-0.25, -0.2) is 4.39 Å². The zero-order valence-electron chi connectivity index (χ0n) is 10.3. The van der Waals surface area contributed by atoms with Gasteiger partial charge in [-0.3, -0.25) is 0 Å². The molecule has 0 aliphatic rings. The van der Waals surface area contributed by atoms with E-state index < -0.39 is 0 Å². The van der Waals surface area contributed by atoms with Crippen LogP contribution >= 0.6 is 0 Å². The second-order valence-corrected chi connectivity index (χ2v) is 3.61. The number of halogens is 1. The van der Waals surface area contributed by atoms with E-state index in [1.807, 2.05) is 32.9 Å². The van der Waals surface area contributed by atoms with Crippen LogP contribution in [0.5, 0.6) is 0 Å². The Kier molecular flexibility index (Phi) is 3.88. The highest BCUT2D eigenvalue weighted by Crippen LogP contribution is 2.26. The summed E-state index contributed by atoms with van der Waals surface area (Å²) in [6, 6.07) is 6.99. The van der Waals surface area contributed by atoms with Gasteiger partial charge >= 0.3 is 0 Å². The number of benzene rings is 2. The minimum Gasteiger partial charge on any atom is -0.399 e. The largest absolute Gasteiger partial charge is 0.399 e. The zero-order chi connectivity index (χ0) is 12.3. The molecule has 0 spiro atoms. The Labute approximate surface area is 96.1 Å². The van der Waals surface area contributed by atoms with Gasteiger partial charge in [0.05, 0.1) is 0 Å². The molecule has 2 heteroatoms. The fraction of sp³-hybridized carbons (Fsp3) is 0.286. The van der Waals surface area contributed by atoms with E-state index in [-0.39, 0.29) is 5.82 Å². The van der Waals surface area contributed by atoms with Crippen molar-refractivity contribution >= 4 is 16.5 Å². The van der Waals surface area contributed by atoms with Crippen LogP contribution in [0, 0.1) is 19.7 Å². The number of aryl methyl sites for hydroxylation is 2. The van der Waals surface area contributed by atoms with Crippen LogP contribution in [0.25, 0.3) is 10.8 Å². The molecule has 16 heavy (non-hydrogen) atoms. The summed E-state index contributed by atoms with van der Waals surface area (Å²) < 4.78 is 13.3. The van der Waals surface area contributed by atoms with Gasteiger partial charge in [-0.2, -0.15) is 0 Å². The topological polar surface area (TPSA) is 26.0 Å². The molecule has 0 radical (unpaired) electrons. The Balaban J connectivity index is 0.000000606. The molecule has 1 nitrogen and oxygen atoms in total. The van der Waals surface area contributed by atoms with Gasteiger partial charge in [0.25, 0.3) is 0 Å². The first-order chi connectivity index (χ1) is 7.59. The predicted molar refractivity (Wildman–Crippen MR) is 69.1 cm³/mol. The summed E-state index contributed by atoms with van der Waals surface area (Å²) in [7, 11) is 0. The van der Waals surface area contributed by atoms with E-state index in [0.717, 1.165) is 22.0 Å². The van der Waals surface area contributed by atoms with Gasteiger partial charge < -0.3 is 5.73 Å². The molecule has 0 fully saturated rings. The quantitative estimate of drug-likeness (QED) is 0.660. The van der Waals surface area contributed by atoms with Crippen molar-refractivity contribution in [2.45, 2.75) is 27.7 Å². The Morgan fingerprint density at radius 3 is 2.31 bits per heavy atom. The van der Waals surface area contributed by atoms with E-state index >= 15 is 0 Å². The summed E-state index contributed by atoms with van der Waals surface area (Å²) in [5.41, 5.74) is 8.16. The number of anilines is 1. The molecule has 0 aliphatic heterocycles.